The molecular weight excluding hydrogens is 620 g/mol. The van der Waals surface area contributed by atoms with E-state index in [1.165, 1.54) is 56.1 Å². The van der Waals surface area contributed by atoms with Crippen LogP contribution in [0.4, 0.5) is 0 Å². The summed E-state index contributed by atoms with van der Waals surface area (Å²) in [6, 6.07) is 15.0. The van der Waals surface area contributed by atoms with Gasteiger partial charge in [0.1, 0.15) is 0 Å². The molecule has 1 unspecified atom stereocenters. The molecule has 3 rings (SSSR count). The molecule has 2 aromatic carbocycles. The summed E-state index contributed by atoms with van der Waals surface area (Å²) < 4.78 is 21.2. The molecule has 0 amide bonds. The van der Waals surface area contributed by atoms with Gasteiger partial charge in [0.25, 0.3) is 0 Å². The number of hydrogen-bond acceptors (Lipinski definition) is 8. The minimum Gasteiger partial charge on any atom is -0.462 e. The van der Waals surface area contributed by atoms with Gasteiger partial charge in [0, 0.05) is 12.8 Å². The van der Waals surface area contributed by atoms with Gasteiger partial charge in [-0.25, -0.2) is 9.59 Å². The maximum Gasteiger partial charge on any atom is 0.335 e. The molecule has 8 heteroatoms. The normalized spacial score (nSPS) is 14.3. The van der Waals surface area contributed by atoms with E-state index in [1.54, 1.807) is 0 Å². The van der Waals surface area contributed by atoms with Crippen LogP contribution >= 0.6 is 0 Å². The van der Waals surface area contributed by atoms with Crippen molar-refractivity contribution in [1.82, 2.24) is 0 Å². The van der Waals surface area contributed by atoms with Gasteiger partial charge in [0.2, 0.25) is 0 Å². The summed E-state index contributed by atoms with van der Waals surface area (Å²) in [5.41, 5.74) is 7.15. The first-order chi connectivity index (χ1) is 23.8. The van der Waals surface area contributed by atoms with Crippen molar-refractivity contribution in [2.24, 2.45) is 5.92 Å². The summed E-state index contributed by atoms with van der Waals surface area (Å²) in [7, 11) is 0. The second-order valence-electron chi connectivity index (χ2n) is 12.7. The third-order valence-electron chi connectivity index (χ3n) is 8.73. The van der Waals surface area contributed by atoms with E-state index in [9.17, 15) is 9.59 Å². The SMILES string of the molecule is C=C(COCCO)C(=O)OCCc1cc(CCOC(=O)C(=C)COCCO)cc(-c2ccc(C3=CCC(CCCCCCC)CC3)cc2)c1. The van der Waals surface area contributed by atoms with E-state index in [4.69, 9.17) is 29.2 Å². The van der Waals surface area contributed by atoms with Gasteiger partial charge in [-0.05, 0) is 58.6 Å². The Hall–Kier alpha value is -3.56. The Kier molecular flexibility index (Phi) is 18.7. The lowest BCUT2D eigenvalue weighted by Crippen LogP contribution is -2.15. The van der Waals surface area contributed by atoms with Crippen molar-refractivity contribution in [3.8, 4) is 11.1 Å². The number of aliphatic hydroxyl groups excluding tert-OH is 2. The molecule has 0 fully saturated rings. The number of carbonyl (C=O) groups is 2. The highest BCUT2D eigenvalue weighted by Gasteiger charge is 2.16. The molecule has 0 spiro atoms. The Morgan fingerprint density at radius 3 is 1.80 bits per heavy atom. The molecule has 0 saturated heterocycles. The second kappa shape index (κ2) is 23.0. The highest BCUT2D eigenvalue weighted by Crippen LogP contribution is 2.34. The number of aliphatic hydroxyl groups is 2. The lowest BCUT2D eigenvalue weighted by molar-refractivity contribution is -0.140. The first-order valence-electron chi connectivity index (χ1n) is 17.8. The fourth-order valence-corrected chi connectivity index (χ4v) is 5.91. The number of allylic oxidation sites excluding steroid dienone is 2. The van der Waals surface area contributed by atoms with Crippen molar-refractivity contribution in [2.45, 2.75) is 77.6 Å². The topological polar surface area (TPSA) is 112 Å². The molecule has 0 aromatic heterocycles. The van der Waals surface area contributed by atoms with E-state index in [-0.39, 0.29) is 64.0 Å². The van der Waals surface area contributed by atoms with Crippen molar-refractivity contribution in [3.63, 3.8) is 0 Å². The maximum absolute atomic E-state index is 12.3. The number of unbranched alkanes of at least 4 members (excludes halogenated alkanes) is 4. The lowest BCUT2D eigenvalue weighted by atomic mass is 9.83. The molecule has 0 saturated carbocycles. The zero-order valence-electron chi connectivity index (χ0n) is 29.4. The van der Waals surface area contributed by atoms with Crippen LogP contribution in [-0.4, -0.2) is 75.0 Å². The van der Waals surface area contributed by atoms with Gasteiger partial charge < -0.3 is 29.2 Å². The Morgan fingerprint density at radius 2 is 1.29 bits per heavy atom. The largest absolute Gasteiger partial charge is 0.462 e. The lowest BCUT2D eigenvalue weighted by Gasteiger charge is -2.22. The summed E-state index contributed by atoms with van der Waals surface area (Å²) in [6.45, 7) is 10.0. The molecule has 0 radical (unpaired) electrons. The van der Waals surface area contributed by atoms with Crippen molar-refractivity contribution >= 4 is 17.5 Å². The average molecular weight is 677 g/mol. The van der Waals surface area contributed by atoms with Crippen LogP contribution < -0.4 is 0 Å². The van der Waals surface area contributed by atoms with Crippen LogP contribution in [0, 0.1) is 5.92 Å². The van der Waals surface area contributed by atoms with Gasteiger partial charge in [0.15, 0.2) is 0 Å². The maximum atomic E-state index is 12.3. The van der Waals surface area contributed by atoms with Gasteiger partial charge in [0.05, 0.1) is 64.0 Å². The number of benzene rings is 2. The van der Waals surface area contributed by atoms with Gasteiger partial charge in [-0.15, -0.1) is 0 Å². The molecular formula is C41H56O8. The Bertz CT molecular complexity index is 1300. The van der Waals surface area contributed by atoms with E-state index in [0.29, 0.717) is 12.8 Å². The molecule has 1 aliphatic carbocycles. The minimum absolute atomic E-state index is 0.00430. The van der Waals surface area contributed by atoms with Crippen LogP contribution in [-0.2, 0) is 41.4 Å². The third kappa shape index (κ3) is 14.8. The summed E-state index contributed by atoms with van der Waals surface area (Å²) in [5.74, 6) is -0.259. The molecule has 8 nitrogen and oxygen atoms in total. The van der Waals surface area contributed by atoms with Crippen LogP contribution in [0.2, 0.25) is 0 Å². The molecule has 1 aliphatic rings. The highest BCUT2D eigenvalue weighted by molar-refractivity contribution is 5.88. The van der Waals surface area contributed by atoms with E-state index < -0.39 is 11.9 Å². The molecule has 268 valence electrons. The van der Waals surface area contributed by atoms with E-state index in [0.717, 1.165) is 41.0 Å². The number of esters is 2. The number of carbonyl (C=O) groups excluding carboxylic acids is 2. The van der Waals surface area contributed by atoms with Crippen molar-refractivity contribution < 1.29 is 38.7 Å². The smallest absolute Gasteiger partial charge is 0.335 e. The van der Waals surface area contributed by atoms with Crippen LogP contribution in [0.1, 0.15) is 81.4 Å². The van der Waals surface area contributed by atoms with Gasteiger partial charge in [-0.1, -0.05) is 107 Å². The van der Waals surface area contributed by atoms with Crippen molar-refractivity contribution in [2.75, 3.05) is 52.9 Å². The molecule has 1 atom stereocenters. The zero-order valence-corrected chi connectivity index (χ0v) is 29.4. The Morgan fingerprint density at radius 1 is 0.735 bits per heavy atom. The Balaban J connectivity index is 1.65. The Labute approximate surface area is 292 Å². The fraction of sp³-hybridized carbons (Fsp3) is 0.512. The summed E-state index contributed by atoms with van der Waals surface area (Å²) in [6.07, 6.45) is 15.0. The minimum atomic E-state index is -0.532. The van der Waals surface area contributed by atoms with Crippen molar-refractivity contribution in [1.29, 1.82) is 0 Å². The van der Waals surface area contributed by atoms with Crippen LogP contribution in [0.5, 0.6) is 0 Å². The molecule has 0 aliphatic heterocycles. The molecule has 2 N–H and O–H groups in total. The first kappa shape index (κ1) is 39.9. The van der Waals surface area contributed by atoms with E-state index >= 15 is 0 Å². The fourth-order valence-electron chi connectivity index (χ4n) is 5.91. The monoisotopic (exact) mass is 676 g/mol. The van der Waals surface area contributed by atoms with Gasteiger partial charge in [-0.2, -0.15) is 0 Å². The van der Waals surface area contributed by atoms with E-state index in [1.807, 2.05) is 6.07 Å². The molecule has 0 bridgehead atoms. The second-order valence-corrected chi connectivity index (χ2v) is 12.7. The summed E-state index contributed by atoms with van der Waals surface area (Å²) >= 11 is 0. The summed E-state index contributed by atoms with van der Waals surface area (Å²) in [5, 5.41) is 17.7. The first-order valence-corrected chi connectivity index (χ1v) is 17.8. The van der Waals surface area contributed by atoms with Gasteiger partial charge >= 0.3 is 11.9 Å². The molecule has 49 heavy (non-hydrogen) atoms. The van der Waals surface area contributed by atoms with Crippen molar-refractivity contribution in [3.05, 3.63) is 89.5 Å². The van der Waals surface area contributed by atoms with Crippen LogP contribution in [0.15, 0.2) is 72.8 Å². The summed E-state index contributed by atoms with van der Waals surface area (Å²) in [4.78, 5) is 24.7. The quantitative estimate of drug-likeness (QED) is 0.0683. The molecule has 0 heterocycles. The number of rotatable bonds is 24. The third-order valence-corrected chi connectivity index (χ3v) is 8.73. The van der Waals surface area contributed by atoms with Crippen LogP contribution in [0.25, 0.3) is 16.7 Å². The number of hydrogen-bond donors (Lipinski definition) is 2. The number of ether oxygens (including phenoxy) is 4. The predicted molar refractivity (Wildman–Crippen MR) is 194 cm³/mol. The average Bonchev–Trinajstić information content (AvgIpc) is 3.12. The zero-order chi connectivity index (χ0) is 35.3. The molecule has 2 aromatic rings. The van der Waals surface area contributed by atoms with Gasteiger partial charge in [-0.3, -0.25) is 0 Å². The van der Waals surface area contributed by atoms with E-state index in [2.05, 4.69) is 62.6 Å². The predicted octanol–water partition coefficient (Wildman–Crippen LogP) is 7.20. The standard InChI is InChI=1S/C41H56O8/c1-4-5-6-7-8-9-33-10-12-36(13-11-33)37-14-16-38(17-15-37)39-27-34(18-22-48-40(44)31(2)29-46-24-20-42)26-35(28-39)19-23-49-41(45)32(3)30-47-25-21-43/h12,14-17,26-28,33,42-43H,2-11,13,18-25,29-30H2,1H3. The van der Waals surface area contributed by atoms with Crippen LogP contribution in [0.3, 0.4) is 0 Å². The highest BCUT2D eigenvalue weighted by atomic mass is 16.5.